The first-order chi connectivity index (χ1) is 6.87. The molecule has 1 amide bonds. The lowest BCUT2D eigenvalue weighted by atomic mass is 10.0. The molecule has 5 heteroatoms. The van der Waals surface area contributed by atoms with Gasteiger partial charge in [0, 0.05) is 6.54 Å². The quantitative estimate of drug-likeness (QED) is 0.680. The number of carbonyl (C=O) groups is 2. The van der Waals surface area contributed by atoms with Crippen LogP contribution in [0.15, 0.2) is 12.7 Å². The highest BCUT2D eigenvalue weighted by Gasteiger charge is 2.36. The highest BCUT2D eigenvalue weighted by atomic mass is 16.4. The first-order valence-electron chi connectivity index (χ1n) is 4.42. The number of hydrogen-bond donors (Lipinski definition) is 1. The normalized spacial score (nSPS) is 10.2. The molecule has 0 fully saturated rings. The molecule has 0 radical (unpaired) electrons. The maximum absolute atomic E-state index is 11.4. The fraction of sp³-hybridized carbons (Fsp3) is 0.500. The van der Waals surface area contributed by atoms with Gasteiger partial charge in [0.25, 0.3) is 0 Å². The van der Waals surface area contributed by atoms with E-state index in [0.717, 1.165) is 11.0 Å². The molecule has 0 saturated carbocycles. The minimum Gasteiger partial charge on any atom is -0.480 e. The number of carboxylic acids is 1. The maximum Gasteiger partial charge on any atom is 0.329 e. The zero-order valence-electron chi connectivity index (χ0n) is 8.86. The zero-order chi connectivity index (χ0) is 12.1. The van der Waals surface area contributed by atoms with Crippen molar-refractivity contribution in [2.24, 2.45) is 0 Å². The Morgan fingerprint density at radius 1 is 1.60 bits per heavy atom. The summed E-state index contributed by atoms with van der Waals surface area (Å²) >= 11 is 0. The molecule has 0 spiro atoms. The van der Waals surface area contributed by atoms with Gasteiger partial charge in [-0.15, -0.1) is 0 Å². The smallest absolute Gasteiger partial charge is 0.329 e. The topological polar surface area (TPSA) is 81.4 Å². The van der Waals surface area contributed by atoms with Crippen LogP contribution in [-0.4, -0.2) is 34.0 Å². The lowest BCUT2D eigenvalue weighted by Gasteiger charge is -2.33. The van der Waals surface area contributed by atoms with Crippen LogP contribution < -0.4 is 0 Å². The summed E-state index contributed by atoms with van der Waals surface area (Å²) in [5, 5.41) is 17.4. The van der Waals surface area contributed by atoms with Gasteiger partial charge in [0.15, 0.2) is 0 Å². The second-order valence-electron chi connectivity index (χ2n) is 3.47. The number of carbonyl (C=O) groups excluding carboxylic acids is 1. The van der Waals surface area contributed by atoms with Crippen LogP contribution in [0.1, 0.15) is 20.3 Å². The first-order valence-corrected chi connectivity index (χ1v) is 4.42. The lowest BCUT2D eigenvalue weighted by Crippen LogP contribution is -2.52. The van der Waals surface area contributed by atoms with Crippen LogP contribution >= 0.6 is 0 Å². The third kappa shape index (κ3) is 3.09. The molecular weight excluding hydrogens is 196 g/mol. The minimum absolute atomic E-state index is 0.0840. The Balaban J connectivity index is 4.93. The SMILES string of the molecule is C=CC(=O)N(CCC#N)C(C)(C)C(=O)O. The lowest BCUT2D eigenvalue weighted by molar-refractivity contribution is -0.155. The Morgan fingerprint density at radius 2 is 2.13 bits per heavy atom. The van der Waals surface area contributed by atoms with Gasteiger partial charge >= 0.3 is 5.97 Å². The average molecular weight is 210 g/mol. The summed E-state index contributed by atoms with van der Waals surface area (Å²) in [4.78, 5) is 23.5. The van der Waals surface area contributed by atoms with Crippen LogP contribution in [0.5, 0.6) is 0 Å². The zero-order valence-corrected chi connectivity index (χ0v) is 8.86. The number of rotatable bonds is 5. The number of carboxylic acid groups (broad SMARTS) is 1. The molecule has 0 aliphatic rings. The number of nitriles is 1. The van der Waals surface area contributed by atoms with Crippen molar-refractivity contribution in [1.29, 1.82) is 5.26 Å². The Hall–Kier alpha value is -1.83. The molecule has 0 aliphatic heterocycles. The number of aliphatic carboxylic acids is 1. The van der Waals surface area contributed by atoms with Gasteiger partial charge in [0.1, 0.15) is 5.54 Å². The summed E-state index contributed by atoms with van der Waals surface area (Å²) in [5.41, 5.74) is -1.33. The summed E-state index contributed by atoms with van der Waals surface area (Å²) in [5.74, 6) is -1.60. The van der Waals surface area contributed by atoms with E-state index in [0.29, 0.717) is 0 Å². The Bertz CT molecular complexity index is 315. The van der Waals surface area contributed by atoms with Crippen molar-refractivity contribution in [2.45, 2.75) is 25.8 Å². The summed E-state index contributed by atoms with van der Waals surface area (Å²) in [7, 11) is 0. The number of amides is 1. The largest absolute Gasteiger partial charge is 0.480 e. The monoisotopic (exact) mass is 210 g/mol. The van der Waals surface area contributed by atoms with Crippen LogP contribution in [-0.2, 0) is 9.59 Å². The van der Waals surface area contributed by atoms with Gasteiger partial charge in [-0.1, -0.05) is 6.58 Å². The molecule has 0 rings (SSSR count). The predicted octanol–water partition coefficient (Wildman–Crippen LogP) is 0.778. The predicted molar refractivity (Wildman–Crippen MR) is 53.9 cm³/mol. The van der Waals surface area contributed by atoms with E-state index in [1.54, 1.807) is 0 Å². The fourth-order valence-corrected chi connectivity index (χ4v) is 1.05. The van der Waals surface area contributed by atoms with Crippen molar-refractivity contribution in [3.05, 3.63) is 12.7 Å². The second kappa shape index (κ2) is 5.15. The average Bonchev–Trinajstić information content (AvgIpc) is 2.17. The van der Waals surface area contributed by atoms with Crippen molar-refractivity contribution in [3.8, 4) is 6.07 Å². The minimum atomic E-state index is -1.33. The van der Waals surface area contributed by atoms with Crippen molar-refractivity contribution >= 4 is 11.9 Å². The van der Waals surface area contributed by atoms with Gasteiger partial charge in [-0.3, -0.25) is 4.79 Å². The van der Waals surface area contributed by atoms with Crippen LogP contribution in [0.3, 0.4) is 0 Å². The van der Waals surface area contributed by atoms with E-state index in [-0.39, 0.29) is 13.0 Å². The molecular formula is C10H14N2O3. The van der Waals surface area contributed by atoms with Crippen molar-refractivity contribution in [2.75, 3.05) is 6.54 Å². The van der Waals surface area contributed by atoms with Crippen molar-refractivity contribution in [1.82, 2.24) is 4.90 Å². The molecule has 0 saturated heterocycles. The molecule has 0 aliphatic carbocycles. The van der Waals surface area contributed by atoms with Crippen molar-refractivity contribution in [3.63, 3.8) is 0 Å². The van der Waals surface area contributed by atoms with Crippen LogP contribution in [0, 0.1) is 11.3 Å². The molecule has 0 heterocycles. The summed E-state index contributed by atoms with van der Waals surface area (Å²) in [6, 6.07) is 1.87. The van der Waals surface area contributed by atoms with Gasteiger partial charge in [0.2, 0.25) is 5.91 Å². The maximum atomic E-state index is 11.4. The Kier molecular flexibility index (Phi) is 4.52. The summed E-state index contributed by atoms with van der Waals surface area (Å²) in [6.07, 6.45) is 1.14. The van der Waals surface area contributed by atoms with Gasteiger partial charge in [-0.25, -0.2) is 4.79 Å². The van der Waals surface area contributed by atoms with Crippen LogP contribution in [0.2, 0.25) is 0 Å². The van der Waals surface area contributed by atoms with E-state index >= 15 is 0 Å². The van der Waals surface area contributed by atoms with E-state index in [4.69, 9.17) is 10.4 Å². The van der Waals surface area contributed by atoms with Gasteiger partial charge in [0.05, 0.1) is 12.5 Å². The molecule has 0 bridgehead atoms. The fourth-order valence-electron chi connectivity index (χ4n) is 1.05. The Morgan fingerprint density at radius 3 is 2.47 bits per heavy atom. The second-order valence-corrected chi connectivity index (χ2v) is 3.47. The van der Waals surface area contributed by atoms with Gasteiger partial charge < -0.3 is 10.0 Å². The molecule has 0 aromatic carbocycles. The van der Waals surface area contributed by atoms with E-state index in [9.17, 15) is 9.59 Å². The molecule has 5 nitrogen and oxygen atoms in total. The molecule has 82 valence electrons. The molecule has 0 aromatic rings. The highest BCUT2D eigenvalue weighted by molar-refractivity contribution is 5.92. The summed E-state index contributed by atoms with van der Waals surface area (Å²) in [6.45, 7) is 6.20. The van der Waals surface area contributed by atoms with Gasteiger partial charge in [-0.2, -0.15) is 5.26 Å². The Labute approximate surface area is 88.6 Å². The molecule has 1 N–H and O–H groups in total. The number of nitrogens with zero attached hydrogens (tertiary/aromatic N) is 2. The van der Waals surface area contributed by atoms with Crippen molar-refractivity contribution < 1.29 is 14.7 Å². The van der Waals surface area contributed by atoms with E-state index in [1.807, 2.05) is 6.07 Å². The van der Waals surface area contributed by atoms with Crippen LogP contribution in [0.25, 0.3) is 0 Å². The highest BCUT2D eigenvalue weighted by Crippen LogP contribution is 2.15. The first kappa shape index (κ1) is 13.2. The molecule has 15 heavy (non-hydrogen) atoms. The number of hydrogen-bond acceptors (Lipinski definition) is 3. The van der Waals surface area contributed by atoms with Gasteiger partial charge in [-0.05, 0) is 19.9 Å². The summed E-state index contributed by atoms with van der Waals surface area (Å²) < 4.78 is 0. The third-order valence-electron chi connectivity index (χ3n) is 2.09. The molecule has 0 unspecified atom stereocenters. The van der Waals surface area contributed by atoms with E-state index in [1.165, 1.54) is 13.8 Å². The molecule has 0 aromatic heterocycles. The molecule has 0 atom stereocenters. The van der Waals surface area contributed by atoms with E-state index in [2.05, 4.69) is 6.58 Å². The van der Waals surface area contributed by atoms with E-state index < -0.39 is 17.4 Å². The standard InChI is InChI=1S/C10H14N2O3/c1-4-8(13)12(7-5-6-11)10(2,3)9(14)15/h4H,1,5,7H2,2-3H3,(H,14,15). The third-order valence-corrected chi connectivity index (χ3v) is 2.09. The van der Waals surface area contributed by atoms with Crippen LogP contribution in [0.4, 0.5) is 0 Å².